The second-order valence-electron chi connectivity index (χ2n) is 9.24. The van der Waals surface area contributed by atoms with Gasteiger partial charge in [0.25, 0.3) is 0 Å². The number of hydrogen-bond acceptors (Lipinski definition) is 3. The zero-order valence-corrected chi connectivity index (χ0v) is 22.4. The Morgan fingerprint density at radius 2 is 1.39 bits per heavy atom. The molecule has 3 heterocycles. The molecule has 0 saturated heterocycles. The molecule has 0 aliphatic carbocycles. The number of thiophene rings is 3. The fraction of sp³-hybridized carbons (Fsp3) is 0.400. The Bertz CT molecular complexity index is 1350. The van der Waals surface area contributed by atoms with Crippen LogP contribution < -0.4 is 0 Å². The molecule has 0 amide bonds. The molecule has 0 aliphatic rings. The highest BCUT2D eigenvalue weighted by Crippen LogP contribution is 2.48. The van der Waals surface area contributed by atoms with Crippen LogP contribution in [0.3, 0.4) is 0 Å². The second-order valence-corrected chi connectivity index (χ2v) is 12.6. The van der Waals surface area contributed by atoms with Crippen molar-refractivity contribution < 1.29 is 0 Å². The van der Waals surface area contributed by atoms with Crippen molar-refractivity contribution >= 4 is 64.3 Å². The summed E-state index contributed by atoms with van der Waals surface area (Å²) in [7, 11) is 0. The molecule has 0 atom stereocenters. The molecule has 3 aromatic heterocycles. The van der Waals surface area contributed by atoms with Gasteiger partial charge in [-0.25, -0.2) is 0 Å². The van der Waals surface area contributed by atoms with Gasteiger partial charge in [0.2, 0.25) is 0 Å². The summed E-state index contributed by atoms with van der Waals surface area (Å²) in [5.74, 6) is 0. The Morgan fingerprint density at radius 3 is 2.18 bits per heavy atom. The molecule has 0 spiro atoms. The predicted molar refractivity (Wildman–Crippen MR) is 154 cm³/mol. The molecular formula is C30H34S3. The van der Waals surface area contributed by atoms with E-state index in [-0.39, 0.29) is 0 Å². The molecule has 0 saturated carbocycles. The first kappa shape index (κ1) is 23.1. The smallest absolute Gasteiger partial charge is 0.0439 e. The molecule has 0 aliphatic heterocycles. The van der Waals surface area contributed by atoms with Gasteiger partial charge in [0.05, 0.1) is 0 Å². The second kappa shape index (κ2) is 10.7. The molecule has 0 bridgehead atoms. The van der Waals surface area contributed by atoms with Gasteiger partial charge in [-0.2, -0.15) is 0 Å². The Morgan fingerprint density at radius 1 is 0.636 bits per heavy atom. The van der Waals surface area contributed by atoms with Crippen LogP contribution in [0, 0.1) is 0 Å². The predicted octanol–water partition coefficient (Wildman–Crippen LogP) is 11.2. The lowest BCUT2D eigenvalue weighted by molar-refractivity contribution is 0.670. The Labute approximate surface area is 210 Å². The normalized spacial score (nSPS) is 11.9. The third-order valence-electron chi connectivity index (χ3n) is 6.66. The Hall–Kier alpha value is -1.68. The first-order valence-electron chi connectivity index (χ1n) is 12.7. The molecule has 0 N–H and O–H groups in total. The topological polar surface area (TPSA) is 0 Å². The van der Waals surface area contributed by atoms with Gasteiger partial charge in [-0.15, -0.1) is 34.0 Å². The van der Waals surface area contributed by atoms with E-state index in [9.17, 15) is 0 Å². The van der Waals surface area contributed by atoms with Crippen molar-refractivity contribution in [1.82, 2.24) is 0 Å². The zero-order chi connectivity index (χ0) is 22.6. The van der Waals surface area contributed by atoms with Crippen molar-refractivity contribution in [1.29, 1.82) is 0 Å². The van der Waals surface area contributed by atoms with Crippen molar-refractivity contribution in [3.63, 3.8) is 0 Å². The van der Waals surface area contributed by atoms with Gasteiger partial charge in [-0.3, -0.25) is 0 Å². The van der Waals surface area contributed by atoms with Crippen molar-refractivity contribution in [3.05, 3.63) is 58.3 Å². The lowest BCUT2D eigenvalue weighted by Crippen LogP contribution is -1.80. The number of fused-ring (bicyclic) bond motifs is 4. The Balaban J connectivity index is 1.59. The van der Waals surface area contributed by atoms with Gasteiger partial charge in [-0.1, -0.05) is 70.6 Å². The fourth-order valence-corrected chi connectivity index (χ4v) is 8.48. The van der Waals surface area contributed by atoms with Crippen LogP contribution in [0.5, 0.6) is 0 Å². The van der Waals surface area contributed by atoms with Crippen LogP contribution in [-0.4, -0.2) is 0 Å². The van der Waals surface area contributed by atoms with Crippen LogP contribution in [0.15, 0.2) is 48.5 Å². The zero-order valence-electron chi connectivity index (χ0n) is 19.9. The summed E-state index contributed by atoms with van der Waals surface area (Å²) in [4.78, 5) is 4.56. The molecular weight excluding hydrogens is 457 g/mol. The molecule has 5 rings (SSSR count). The summed E-state index contributed by atoms with van der Waals surface area (Å²) < 4.78 is 4.34. The van der Waals surface area contributed by atoms with Crippen molar-refractivity contribution in [3.8, 4) is 10.4 Å². The van der Waals surface area contributed by atoms with Gasteiger partial charge in [0, 0.05) is 45.1 Å². The maximum Gasteiger partial charge on any atom is 0.0439 e. The van der Waals surface area contributed by atoms with Gasteiger partial charge >= 0.3 is 0 Å². The number of aryl methyl sites for hydroxylation is 2. The molecule has 3 heteroatoms. The fourth-order valence-electron chi connectivity index (χ4n) is 4.90. The third-order valence-corrected chi connectivity index (χ3v) is 10.2. The lowest BCUT2D eigenvalue weighted by atomic mass is 10.0. The van der Waals surface area contributed by atoms with Gasteiger partial charge in [0.1, 0.15) is 0 Å². The van der Waals surface area contributed by atoms with E-state index in [0.29, 0.717) is 0 Å². The molecule has 0 fully saturated rings. The standard InChI is InChI=1S/C30H34S3/c1-3-5-7-9-13-22-17-18-26(31-22)29-28-24-15-11-12-16-25(24)33-27(28)20-21-19-23(32-30(21)29)14-10-8-6-4-2/h11-12,15-20H,3-10,13-14H2,1-2H3. The monoisotopic (exact) mass is 490 g/mol. The highest BCUT2D eigenvalue weighted by Gasteiger charge is 2.18. The summed E-state index contributed by atoms with van der Waals surface area (Å²) in [5.41, 5.74) is 1.49. The highest BCUT2D eigenvalue weighted by molar-refractivity contribution is 7.26. The number of benzene rings is 2. The van der Waals surface area contributed by atoms with E-state index in [0.717, 1.165) is 0 Å². The average molecular weight is 491 g/mol. The summed E-state index contributed by atoms with van der Waals surface area (Å²) >= 11 is 6.03. The van der Waals surface area contributed by atoms with Crippen molar-refractivity contribution in [2.45, 2.75) is 78.1 Å². The van der Waals surface area contributed by atoms with Crippen molar-refractivity contribution in [2.24, 2.45) is 0 Å². The number of hydrogen-bond donors (Lipinski definition) is 0. The van der Waals surface area contributed by atoms with Crippen LogP contribution in [0.25, 0.3) is 40.7 Å². The molecule has 0 nitrogen and oxygen atoms in total. The molecule has 0 unspecified atom stereocenters. The third kappa shape index (κ3) is 4.92. The maximum absolute atomic E-state index is 2.48. The van der Waals surface area contributed by atoms with Crippen LogP contribution in [-0.2, 0) is 12.8 Å². The van der Waals surface area contributed by atoms with Crippen LogP contribution in [0.4, 0.5) is 0 Å². The van der Waals surface area contributed by atoms with Gasteiger partial charge in [0.15, 0.2) is 0 Å². The maximum atomic E-state index is 2.48. The molecule has 5 aromatic rings. The largest absolute Gasteiger partial charge is 0.140 e. The minimum atomic E-state index is 1.22. The Kier molecular flexibility index (Phi) is 7.49. The minimum Gasteiger partial charge on any atom is -0.140 e. The first-order chi connectivity index (χ1) is 16.3. The van der Waals surface area contributed by atoms with E-state index in [1.807, 2.05) is 34.0 Å². The highest BCUT2D eigenvalue weighted by atomic mass is 32.1. The first-order valence-corrected chi connectivity index (χ1v) is 15.2. The van der Waals surface area contributed by atoms with Gasteiger partial charge in [-0.05, 0) is 61.4 Å². The lowest BCUT2D eigenvalue weighted by Gasteiger charge is -2.05. The summed E-state index contributed by atoms with van der Waals surface area (Å²) in [6.07, 6.45) is 13.1. The summed E-state index contributed by atoms with van der Waals surface area (Å²) in [6.45, 7) is 4.58. The van der Waals surface area contributed by atoms with Crippen molar-refractivity contribution in [2.75, 3.05) is 0 Å². The quantitative estimate of drug-likeness (QED) is 0.161. The van der Waals surface area contributed by atoms with E-state index in [2.05, 4.69) is 62.4 Å². The molecule has 172 valence electrons. The molecule has 0 radical (unpaired) electrons. The van der Waals surface area contributed by atoms with E-state index >= 15 is 0 Å². The van der Waals surface area contributed by atoms with E-state index < -0.39 is 0 Å². The van der Waals surface area contributed by atoms with Crippen LogP contribution in [0.1, 0.15) is 75.0 Å². The minimum absolute atomic E-state index is 1.22. The SMILES string of the molecule is CCCCCCc1ccc(-c2c3sc(CCCCCC)cc3cc3sc4ccccc4c23)s1. The average Bonchev–Trinajstić information content (AvgIpc) is 3.54. The number of unbranched alkanes of at least 4 members (excludes halogenated alkanes) is 6. The van der Waals surface area contributed by atoms with E-state index in [1.165, 1.54) is 105 Å². The summed E-state index contributed by atoms with van der Waals surface area (Å²) in [6, 6.07) is 18.7. The van der Waals surface area contributed by atoms with Crippen LogP contribution in [0.2, 0.25) is 0 Å². The molecule has 2 aromatic carbocycles. The van der Waals surface area contributed by atoms with E-state index in [4.69, 9.17) is 0 Å². The summed E-state index contributed by atoms with van der Waals surface area (Å²) in [5, 5.41) is 4.34. The number of rotatable bonds is 11. The van der Waals surface area contributed by atoms with Gasteiger partial charge < -0.3 is 0 Å². The molecule has 33 heavy (non-hydrogen) atoms. The van der Waals surface area contributed by atoms with E-state index in [1.54, 1.807) is 9.75 Å². The van der Waals surface area contributed by atoms with Crippen LogP contribution >= 0.6 is 34.0 Å².